The van der Waals surface area contributed by atoms with Gasteiger partial charge in [0, 0.05) is 6.54 Å². The normalized spacial score (nSPS) is 12.8. The second-order valence-corrected chi connectivity index (χ2v) is 5.80. The third kappa shape index (κ3) is 4.91. The van der Waals surface area contributed by atoms with E-state index in [9.17, 15) is 9.59 Å². The smallest absolute Gasteiger partial charge is 0.307 e. The fourth-order valence-electron chi connectivity index (χ4n) is 2.66. The molecule has 0 fully saturated rings. The summed E-state index contributed by atoms with van der Waals surface area (Å²) in [5, 5.41) is 0. The maximum atomic E-state index is 12.1. The van der Waals surface area contributed by atoms with E-state index < -0.39 is 0 Å². The maximum Gasteiger partial charge on any atom is 0.307 e. The number of methoxy groups -OCH3 is 1. The van der Waals surface area contributed by atoms with Gasteiger partial charge >= 0.3 is 5.97 Å². The van der Waals surface area contributed by atoms with Gasteiger partial charge in [0.2, 0.25) is 0 Å². The Bertz CT molecular complexity index is 789. The van der Waals surface area contributed by atoms with Crippen LogP contribution in [0.1, 0.15) is 6.42 Å². The molecular formula is C20H21NO6. The minimum atomic E-state index is -0.384. The second-order valence-electron chi connectivity index (χ2n) is 5.80. The number of carbonyl (C=O) groups is 2. The van der Waals surface area contributed by atoms with Gasteiger partial charge in [0.1, 0.15) is 30.5 Å². The Kier molecular flexibility index (Phi) is 6.14. The number of hydrogen-bond donors (Lipinski definition) is 0. The summed E-state index contributed by atoms with van der Waals surface area (Å²) in [6.45, 7) is 0.606. The summed E-state index contributed by atoms with van der Waals surface area (Å²) < 4.78 is 21.1. The molecule has 142 valence electrons. The first-order valence-corrected chi connectivity index (χ1v) is 8.62. The van der Waals surface area contributed by atoms with Crippen molar-refractivity contribution in [2.24, 2.45) is 0 Å². The lowest BCUT2D eigenvalue weighted by molar-refractivity contribution is -0.144. The van der Waals surface area contributed by atoms with E-state index in [4.69, 9.17) is 18.9 Å². The monoisotopic (exact) mass is 371 g/mol. The first-order valence-electron chi connectivity index (χ1n) is 8.62. The molecule has 1 aliphatic rings. The van der Waals surface area contributed by atoms with Crippen molar-refractivity contribution < 1.29 is 28.5 Å². The molecule has 0 spiro atoms. The standard InChI is InChI=1S/C20H21NO6/c1-24-15-6-8-16(9-7-15)25-12-13-26-20(23)10-11-21-17-4-2-3-5-18(17)27-14-19(21)22/h2-9H,10-14H2,1H3. The molecule has 3 rings (SSSR count). The van der Waals surface area contributed by atoms with Crippen LogP contribution in [-0.4, -0.2) is 45.4 Å². The minimum absolute atomic E-state index is 0.0260. The highest BCUT2D eigenvalue weighted by Gasteiger charge is 2.25. The van der Waals surface area contributed by atoms with Crippen molar-refractivity contribution in [1.29, 1.82) is 0 Å². The first-order chi connectivity index (χ1) is 13.2. The molecule has 0 saturated heterocycles. The molecule has 7 nitrogen and oxygen atoms in total. The molecule has 0 aliphatic carbocycles. The Balaban J connectivity index is 1.40. The zero-order chi connectivity index (χ0) is 19.1. The minimum Gasteiger partial charge on any atom is -0.497 e. The predicted octanol–water partition coefficient (Wildman–Crippen LogP) is 2.43. The highest BCUT2D eigenvalue weighted by Crippen LogP contribution is 2.31. The lowest BCUT2D eigenvalue weighted by Gasteiger charge is -2.28. The molecule has 1 heterocycles. The summed E-state index contributed by atoms with van der Waals surface area (Å²) >= 11 is 0. The number of esters is 1. The van der Waals surface area contributed by atoms with Crippen molar-refractivity contribution >= 4 is 17.6 Å². The van der Waals surface area contributed by atoms with Crippen LogP contribution in [0.25, 0.3) is 0 Å². The van der Waals surface area contributed by atoms with Crippen molar-refractivity contribution in [2.45, 2.75) is 6.42 Å². The number of carbonyl (C=O) groups excluding carboxylic acids is 2. The molecule has 0 unspecified atom stereocenters. The van der Waals surface area contributed by atoms with Gasteiger partial charge in [-0.05, 0) is 36.4 Å². The van der Waals surface area contributed by atoms with Crippen LogP contribution in [-0.2, 0) is 14.3 Å². The molecule has 1 amide bonds. The van der Waals surface area contributed by atoms with Crippen molar-refractivity contribution in [3.8, 4) is 17.2 Å². The maximum absolute atomic E-state index is 12.1. The lowest BCUT2D eigenvalue weighted by atomic mass is 10.2. The summed E-state index contributed by atoms with van der Waals surface area (Å²) in [5.41, 5.74) is 0.671. The molecule has 0 atom stereocenters. The average Bonchev–Trinajstić information content (AvgIpc) is 2.71. The van der Waals surface area contributed by atoms with Gasteiger partial charge in [0.15, 0.2) is 6.61 Å². The molecule has 0 saturated carbocycles. The van der Waals surface area contributed by atoms with Gasteiger partial charge in [0.25, 0.3) is 5.91 Å². The summed E-state index contributed by atoms with van der Waals surface area (Å²) in [5.74, 6) is 1.49. The molecule has 0 bridgehead atoms. The van der Waals surface area contributed by atoms with Gasteiger partial charge in [-0.3, -0.25) is 9.59 Å². The van der Waals surface area contributed by atoms with Crippen molar-refractivity contribution in [1.82, 2.24) is 0 Å². The third-order valence-electron chi connectivity index (χ3n) is 4.02. The van der Waals surface area contributed by atoms with Crippen LogP contribution in [0.4, 0.5) is 5.69 Å². The number of amides is 1. The number of hydrogen-bond acceptors (Lipinski definition) is 6. The number of benzene rings is 2. The van der Waals surface area contributed by atoms with Gasteiger partial charge in [-0.15, -0.1) is 0 Å². The summed E-state index contributed by atoms with van der Waals surface area (Å²) in [4.78, 5) is 25.5. The fraction of sp³-hybridized carbons (Fsp3) is 0.300. The second kappa shape index (κ2) is 8.93. The molecule has 0 aromatic heterocycles. The van der Waals surface area contributed by atoms with Crippen LogP contribution in [0, 0.1) is 0 Å². The molecule has 1 aliphatic heterocycles. The van der Waals surface area contributed by atoms with E-state index in [1.165, 1.54) is 0 Å². The summed E-state index contributed by atoms with van der Waals surface area (Å²) in [6.07, 6.45) is 0.0998. The van der Waals surface area contributed by atoms with Gasteiger partial charge in [-0.1, -0.05) is 12.1 Å². The Morgan fingerprint density at radius 2 is 1.81 bits per heavy atom. The number of ether oxygens (including phenoxy) is 4. The number of para-hydroxylation sites is 2. The van der Waals surface area contributed by atoms with E-state index >= 15 is 0 Å². The van der Waals surface area contributed by atoms with E-state index in [0.717, 1.165) is 5.75 Å². The molecule has 27 heavy (non-hydrogen) atoms. The van der Waals surface area contributed by atoms with Gasteiger partial charge < -0.3 is 23.8 Å². The molecular weight excluding hydrogens is 350 g/mol. The van der Waals surface area contributed by atoms with Crippen molar-refractivity contribution in [2.75, 3.05) is 38.4 Å². The van der Waals surface area contributed by atoms with Crippen LogP contribution in [0.3, 0.4) is 0 Å². The quantitative estimate of drug-likeness (QED) is 0.524. The highest BCUT2D eigenvalue weighted by atomic mass is 16.6. The number of fused-ring (bicyclic) bond motifs is 1. The summed E-state index contributed by atoms with van der Waals surface area (Å²) in [7, 11) is 1.60. The largest absolute Gasteiger partial charge is 0.497 e. The molecule has 7 heteroatoms. The third-order valence-corrected chi connectivity index (χ3v) is 4.02. The van der Waals surface area contributed by atoms with E-state index in [2.05, 4.69) is 0 Å². The fourth-order valence-corrected chi connectivity index (χ4v) is 2.66. The summed E-state index contributed by atoms with van der Waals surface area (Å²) in [6, 6.07) is 14.4. The lowest BCUT2D eigenvalue weighted by Crippen LogP contribution is -2.40. The number of nitrogens with zero attached hydrogens (tertiary/aromatic N) is 1. The molecule has 2 aromatic rings. The number of rotatable bonds is 8. The van der Waals surface area contributed by atoms with Crippen LogP contribution >= 0.6 is 0 Å². The SMILES string of the molecule is COc1ccc(OCCOC(=O)CCN2C(=O)COc3ccccc32)cc1. The van der Waals surface area contributed by atoms with Gasteiger partial charge in [-0.25, -0.2) is 0 Å². The van der Waals surface area contributed by atoms with E-state index in [-0.39, 0.29) is 44.7 Å². The Morgan fingerprint density at radius 3 is 2.59 bits per heavy atom. The van der Waals surface area contributed by atoms with Crippen LogP contribution in [0.2, 0.25) is 0 Å². The topological polar surface area (TPSA) is 74.3 Å². The Hall–Kier alpha value is -3.22. The number of anilines is 1. The molecule has 0 N–H and O–H groups in total. The zero-order valence-corrected chi connectivity index (χ0v) is 15.1. The van der Waals surface area contributed by atoms with E-state index in [0.29, 0.717) is 17.2 Å². The predicted molar refractivity (Wildman–Crippen MR) is 98.4 cm³/mol. The Morgan fingerprint density at radius 1 is 1.07 bits per heavy atom. The Labute approximate surface area is 157 Å². The zero-order valence-electron chi connectivity index (χ0n) is 15.1. The van der Waals surface area contributed by atoms with Crippen molar-refractivity contribution in [3.05, 3.63) is 48.5 Å². The van der Waals surface area contributed by atoms with Gasteiger partial charge in [0.05, 0.1) is 19.2 Å². The van der Waals surface area contributed by atoms with E-state index in [1.807, 2.05) is 12.1 Å². The first kappa shape index (κ1) is 18.6. The molecule has 0 radical (unpaired) electrons. The van der Waals surface area contributed by atoms with E-state index in [1.54, 1.807) is 48.4 Å². The average molecular weight is 371 g/mol. The highest BCUT2D eigenvalue weighted by molar-refractivity contribution is 5.98. The van der Waals surface area contributed by atoms with Crippen LogP contribution in [0.5, 0.6) is 17.2 Å². The molecule has 2 aromatic carbocycles. The van der Waals surface area contributed by atoms with Crippen LogP contribution in [0.15, 0.2) is 48.5 Å². The van der Waals surface area contributed by atoms with Gasteiger partial charge in [-0.2, -0.15) is 0 Å². The van der Waals surface area contributed by atoms with Crippen molar-refractivity contribution in [3.63, 3.8) is 0 Å². The van der Waals surface area contributed by atoms with Crippen LogP contribution < -0.4 is 19.1 Å².